The average molecular weight is 357 g/mol. The van der Waals surface area contributed by atoms with Crippen LogP contribution in [0.5, 0.6) is 11.5 Å². The van der Waals surface area contributed by atoms with Gasteiger partial charge in [0.15, 0.2) is 17.3 Å². The summed E-state index contributed by atoms with van der Waals surface area (Å²) in [4.78, 5) is 12.4. The van der Waals surface area contributed by atoms with Crippen LogP contribution < -0.4 is 9.47 Å². The first-order valence-electron chi connectivity index (χ1n) is 7.92. The molecule has 0 radical (unpaired) electrons. The van der Waals surface area contributed by atoms with Gasteiger partial charge in [0, 0.05) is 10.6 Å². The minimum absolute atomic E-state index is 0.117. The molecule has 4 heteroatoms. The number of carbonyl (C=O) groups is 1. The SMILES string of the molecule is COc1cc(C(=O)/C=C/c2cccc(Cl)c2)ccc1OCC=C(C)C. The lowest BCUT2D eigenvalue weighted by Gasteiger charge is -2.10. The van der Waals surface area contributed by atoms with Crippen LogP contribution in [0.1, 0.15) is 29.8 Å². The van der Waals surface area contributed by atoms with Crippen molar-refractivity contribution in [1.29, 1.82) is 0 Å². The maximum absolute atomic E-state index is 12.4. The molecule has 2 aromatic carbocycles. The van der Waals surface area contributed by atoms with Gasteiger partial charge in [-0.2, -0.15) is 0 Å². The van der Waals surface area contributed by atoms with Crippen LogP contribution in [-0.4, -0.2) is 19.5 Å². The highest BCUT2D eigenvalue weighted by Crippen LogP contribution is 2.28. The van der Waals surface area contributed by atoms with Gasteiger partial charge in [-0.25, -0.2) is 0 Å². The van der Waals surface area contributed by atoms with Gasteiger partial charge in [-0.1, -0.05) is 35.4 Å². The zero-order valence-corrected chi connectivity index (χ0v) is 15.3. The molecule has 3 nitrogen and oxygen atoms in total. The number of hydrogen-bond acceptors (Lipinski definition) is 3. The third kappa shape index (κ3) is 5.80. The van der Waals surface area contributed by atoms with Crippen molar-refractivity contribution in [3.05, 3.63) is 76.3 Å². The maximum atomic E-state index is 12.4. The molecule has 2 aromatic rings. The van der Waals surface area contributed by atoms with E-state index in [0.29, 0.717) is 28.7 Å². The summed E-state index contributed by atoms with van der Waals surface area (Å²) in [6.45, 7) is 4.48. The second-order valence-electron chi connectivity index (χ2n) is 5.71. The van der Waals surface area contributed by atoms with Gasteiger partial charge < -0.3 is 9.47 Å². The van der Waals surface area contributed by atoms with Crippen LogP contribution in [0.4, 0.5) is 0 Å². The molecule has 130 valence electrons. The average Bonchev–Trinajstić information content (AvgIpc) is 2.59. The molecule has 0 bridgehead atoms. The topological polar surface area (TPSA) is 35.5 Å². The summed E-state index contributed by atoms with van der Waals surface area (Å²) < 4.78 is 11.0. The molecular weight excluding hydrogens is 336 g/mol. The highest BCUT2D eigenvalue weighted by molar-refractivity contribution is 6.30. The molecule has 0 amide bonds. The molecule has 0 aliphatic rings. The molecule has 0 unspecified atom stereocenters. The van der Waals surface area contributed by atoms with E-state index in [9.17, 15) is 4.79 Å². The zero-order chi connectivity index (χ0) is 18.2. The van der Waals surface area contributed by atoms with Crippen LogP contribution in [0.25, 0.3) is 6.08 Å². The molecular formula is C21H21ClO3. The Kier molecular flexibility index (Phi) is 6.84. The van der Waals surface area contributed by atoms with Crippen LogP contribution >= 0.6 is 11.6 Å². The first kappa shape index (κ1) is 18.8. The third-order valence-electron chi connectivity index (χ3n) is 3.45. The van der Waals surface area contributed by atoms with Crippen LogP contribution in [0, 0.1) is 0 Å². The molecule has 0 spiro atoms. The van der Waals surface area contributed by atoms with Crippen LogP contribution in [-0.2, 0) is 0 Å². The van der Waals surface area contributed by atoms with Crippen LogP contribution in [0.15, 0.2) is 60.2 Å². The lowest BCUT2D eigenvalue weighted by atomic mass is 10.1. The van der Waals surface area contributed by atoms with Crippen LogP contribution in [0.3, 0.4) is 0 Å². The molecule has 0 saturated carbocycles. The summed E-state index contributed by atoms with van der Waals surface area (Å²) in [6, 6.07) is 12.5. The van der Waals surface area contributed by atoms with Gasteiger partial charge in [0.25, 0.3) is 0 Å². The fraction of sp³-hybridized carbons (Fsp3) is 0.190. The van der Waals surface area contributed by atoms with E-state index in [-0.39, 0.29) is 5.78 Å². The van der Waals surface area contributed by atoms with Gasteiger partial charge >= 0.3 is 0 Å². The quantitative estimate of drug-likeness (QED) is 0.368. The van der Waals surface area contributed by atoms with E-state index in [2.05, 4.69) is 0 Å². The third-order valence-corrected chi connectivity index (χ3v) is 3.69. The van der Waals surface area contributed by atoms with Crippen molar-refractivity contribution >= 4 is 23.5 Å². The fourth-order valence-electron chi connectivity index (χ4n) is 2.12. The van der Waals surface area contributed by atoms with Crippen molar-refractivity contribution in [1.82, 2.24) is 0 Å². The van der Waals surface area contributed by atoms with Crippen molar-refractivity contribution in [2.75, 3.05) is 13.7 Å². The Morgan fingerprint density at radius 3 is 2.60 bits per heavy atom. The molecule has 0 N–H and O–H groups in total. The van der Waals surface area contributed by atoms with Crippen LogP contribution in [0.2, 0.25) is 5.02 Å². The molecule has 2 rings (SSSR count). The highest BCUT2D eigenvalue weighted by atomic mass is 35.5. The predicted molar refractivity (Wildman–Crippen MR) is 103 cm³/mol. The second kappa shape index (κ2) is 9.09. The van der Waals surface area contributed by atoms with Gasteiger partial charge in [0.05, 0.1) is 7.11 Å². The van der Waals surface area contributed by atoms with Gasteiger partial charge in [-0.05, 0) is 61.9 Å². The van der Waals surface area contributed by atoms with Crippen molar-refractivity contribution in [3.63, 3.8) is 0 Å². The lowest BCUT2D eigenvalue weighted by molar-refractivity contribution is 0.104. The lowest BCUT2D eigenvalue weighted by Crippen LogP contribution is -2.00. The highest BCUT2D eigenvalue weighted by Gasteiger charge is 2.09. The van der Waals surface area contributed by atoms with Gasteiger partial charge in [0.2, 0.25) is 0 Å². The standard InChI is InChI=1S/C21H21ClO3/c1-15(2)11-12-25-20-10-8-17(14-21(20)24-3)19(23)9-7-16-5-4-6-18(22)13-16/h4-11,13-14H,12H2,1-3H3/b9-7+. The number of benzene rings is 2. The molecule has 0 heterocycles. The minimum atomic E-state index is -0.117. The number of carbonyl (C=O) groups excluding carboxylic acids is 1. The minimum Gasteiger partial charge on any atom is -0.493 e. The summed E-state index contributed by atoms with van der Waals surface area (Å²) >= 11 is 5.94. The van der Waals surface area contributed by atoms with Gasteiger partial charge in [-0.3, -0.25) is 4.79 Å². The summed E-state index contributed by atoms with van der Waals surface area (Å²) in [5.74, 6) is 1.02. The second-order valence-corrected chi connectivity index (χ2v) is 6.15. The number of ether oxygens (including phenoxy) is 2. The number of halogens is 1. The molecule has 0 aliphatic carbocycles. The van der Waals surface area contributed by atoms with E-state index in [1.165, 1.54) is 11.6 Å². The first-order chi connectivity index (χ1) is 12.0. The number of ketones is 1. The van der Waals surface area contributed by atoms with Crippen molar-refractivity contribution in [3.8, 4) is 11.5 Å². The summed E-state index contributed by atoms with van der Waals surface area (Å²) in [7, 11) is 1.55. The monoisotopic (exact) mass is 356 g/mol. The number of rotatable bonds is 7. The number of hydrogen-bond donors (Lipinski definition) is 0. The normalized spacial score (nSPS) is 10.6. The number of allylic oxidation sites excluding steroid dienone is 2. The van der Waals surface area contributed by atoms with Gasteiger partial charge in [-0.15, -0.1) is 0 Å². The van der Waals surface area contributed by atoms with Crippen molar-refractivity contribution in [2.24, 2.45) is 0 Å². The molecule has 0 atom stereocenters. The van der Waals surface area contributed by atoms with Crippen molar-refractivity contribution in [2.45, 2.75) is 13.8 Å². The Balaban J connectivity index is 2.13. The fourth-order valence-corrected chi connectivity index (χ4v) is 2.32. The zero-order valence-electron chi connectivity index (χ0n) is 14.6. The molecule has 0 saturated heterocycles. The van der Waals surface area contributed by atoms with E-state index in [4.69, 9.17) is 21.1 Å². The summed E-state index contributed by atoms with van der Waals surface area (Å²) in [5, 5.41) is 0.633. The Bertz CT molecular complexity index is 803. The Morgan fingerprint density at radius 2 is 1.92 bits per heavy atom. The smallest absolute Gasteiger partial charge is 0.185 e. The Morgan fingerprint density at radius 1 is 1.12 bits per heavy atom. The largest absolute Gasteiger partial charge is 0.493 e. The van der Waals surface area contributed by atoms with E-state index >= 15 is 0 Å². The van der Waals surface area contributed by atoms with Gasteiger partial charge in [0.1, 0.15) is 6.61 Å². The van der Waals surface area contributed by atoms with Crippen molar-refractivity contribution < 1.29 is 14.3 Å². The molecule has 25 heavy (non-hydrogen) atoms. The Hall–Kier alpha value is -2.52. The van der Waals surface area contributed by atoms with E-state index in [0.717, 1.165) is 5.56 Å². The summed E-state index contributed by atoms with van der Waals surface area (Å²) in [6.07, 6.45) is 5.23. The summed E-state index contributed by atoms with van der Waals surface area (Å²) in [5.41, 5.74) is 2.58. The first-order valence-corrected chi connectivity index (χ1v) is 8.29. The molecule has 0 aromatic heterocycles. The van der Waals surface area contributed by atoms with E-state index in [1.54, 1.807) is 43.5 Å². The van der Waals surface area contributed by atoms with E-state index < -0.39 is 0 Å². The number of methoxy groups -OCH3 is 1. The predicted octanol–water partition coefficient (Wildman–Crippen LogP) is 5.59. The Labute approximate surface area is 153 Å². The molecule has 0 fully saturated rings. The van der Waals surface area contributed by atoms with E-state index in [1.807, 2.05) is 32.1 Å². The molecule has 0 aliphatic heterocycles. The maximum Gasteiger partial charge on any atom is 0.185 e.